The number of rotatable bonds is 4. The molecule has 2 heteroatoms. The highest BCUT2D eigenvalue weighted by Gasteiger charge is 2.10. The summed E-state index contributed by atoms with van der Waals surface area (Å²) in [4.78, 5) is 8.77. The summed E-state index contributed by atoms with van der Waals surface area (Å²) in [5.74, 6) is 1.56. The smallest absolute Gasteiger partial charge is 0.131 e. The molecule has 0 spiro atoms. The molecule has 0 N–H and O–H groups in total. The molecule has 0 saturated heterocycles. The van der Waals surface area contributed by atoms with Gasteiger partial charge in [-0.3, -0.25) is 0 Å². The summed E-state index contributed by atoms with van der Waals surface area (Å²) in [6, 6.07) is 1.95. The summed E-state index contributed by atoms with van der Waals surface area (Å²) in [5.41, 5.74) is 1.07. The normalized spacial score (nSPS) is 12.8. The minimum absolute atomic E-state index is 0.546. The van der Waals surface area contributed by atoms with Crippen molar-refractivity contribution in [1.82, 2.24) is 9.97 Å². The molecular weight excluding hydrogens is 160 g/mol. The van der Waals surface area contributed by atoms with E-state index in [9.17, 15) is 0 Å². The van der Waals surface area contributed by atoms with Gasteiger partial charge in [-0.05, 0) is 25.8 Å². The van der Waals surface area contributed by atoms with Gasteiger partial charge in [0.05, 0.1) is 0 Å². The maximum Gasteiger partial charge on any atom is 0.131 e. The first-order valence-corrected chi connectivity index (χ1v) is 5.07. The fraction of sp³-hybridized carbons (Fsp3) is 0.636. The van der Waals surface area contributed by atoms with Crippen LogP contribution in [0, 0.1) is 6.92 Å². The SMILES string of the molecule is CCCC(CC)c1nccc(C)n1. The molecule has 13 heavy (non-hydrogen) atoms. The lowest BCUT2D eigenvalue weighted by atomic mass is 10.00. The van der Waals surface area contributed by atoms with Crippen molar-refractivity contribution in [3.63, 3.8) is 0 Å². The third kappa shape index (κ3) is 2.79. The maximum absolute atomic E-state index is 4.45. The van der Waals surface area contributed by atoms with E-state index in [1.165, 1.54) is 12.8 Å². The van der Waals surface area contributed by atoms with Gasteiger partial charge in [-0.2, -0.15) is 0 Å². The Morgan fingerprint density at radius 3 is 2.69 bits per heavy atom. The Morgan fingerprint density at radius 2 is 2.15 bits per heavy atom. The molecule has 0 aliphatic rings. The van der Waals surface area contributed by atoms with Crippen LogP contribution in [0.25, 0.3) is 0 Å². The van der Waals surface area contributed by atoms with E-state index in [0.717, 1.165) is 17.9 Å². The van der Waals surface area contributed by atoms with Crippen molar-refractivity contribution in [3.05, 3.63) is 23.8 Å². The van der Waals surface area contributed by atoms with E-state index in [1.54, 1.807) is 0 Å². The zero-order valence-corrected chi connectivity index (χ0v) is 8.75. The molecule has 1 heterocycles. The molecule has 2 nitrogen and oxygen atoms in total. The fourth-order valence-electron chi connectivity index (χ4n) is 1.53. The molecule has 0 fully saturated rings. The van der Waals surface area contributed by atoms with Crippen molar-refractivity contribution in [3.8, 4) is 0 Å². The van der Waals surface area contributed by atoms with Crippen molar-refractivity contribution in [2.45, 2.75) is 46.0 Å². The van der Waals surface area contributed by atoms with Crippen LogP contribution < -0.4 is 0 Å². The molecule has 1 aromatic rings. The zero-order valence-electron chi connectivity index (χ0n) is 8.75. The minimum atomic E-state index is 0.546. The molecule has 0 aliphatic carbocycles. The van der Waals surface area contributed by atoms with Gasteiger partial charge in [-0.1, -0.05) is 20.3 Å². The predicted octanol–water partition coefficient (Wildman–Crippen LogP) is 3.08. The van der Waals surface area contributed by atoms with Gasteiger partial charge >= 0.3 is 0 Å². The van der Waals surface area contributed by atoms with Gasteiger partial charge in [0.15, 0.2) is 0 Å². The molecule has 72 valence electrons. The van der Waals surface area contributed by atoms with Crippen molar-refractivity contribution >= 4 is 0 Å². The second-order valence-electron chi connectivity index (χ2n) is 3.45. The van der Waals surface area contributed by atoms with E-state index in [4.69, 9.17) is 0 Å². The summed E-state index contributed by atoms with van der Waals surface area (Å²) in [6.45, 7) is 6.42. The van der Waals surface area contributed by atoms with Crippen LogP contribution >= 0.6 is 0 Å². The molecule has 0 aromatic carbocycles. The Morgan fingerprint density at radius 1 is 1.38 bits per heavy atom. The number of aryl methyl sites for hydroxylation is 1. The molecule has 1 atom stereocenters. The summed E-state index contributed by atoms with van der Waals surface area (Å²) in [6.07, 6.45) is 5.39. The molecule has 1 unspecified atom stereocenters. The Kier molecular flexibility index (Phi) is 3.87. The molecule has 1 rings (SSSR count). The van der Waals surface area contributed by atoms with Crippen LogP contribution in [0.5, 0.6) is 0 Å². The van der Waals surface area contributed by atoms with E-state index >= 15 is 0 Å². The third-order valence-corrected chi connectivity index (χ3v) is 2.31. The average Bonchev–Trinajstić information content (AvgIpc) is 2.14. The summed E-state index contributed by atoms with van der Waals surface area (Å²) in [5, 5.41) is 0. The third-order valence-electron chi connectivity index (χ3n) is 2.31. The van der Waals surface area contributed by atoms with Crippen LogP contribution in [0.2, 0.25) is 0 Å². The number of aromatic nitrogens is 2. The van der Waals surface area contributed by atoms with Crippen LogP contribution in [0.4, 0.5) is 0 Å². The van der Waals surface area contributed by atoms with Gasteiger partial charge in [-0.25, -0.2) is 9.97 Å². The molecule has 0 aliphatic heterocycles. The molecule has 0 radical (unpaired) electrons. The molecule has 0 amide bonds. The van der Waals surface area contributed by atoms with Crippen molar-refractivity contribution < 1.29 is 0 Å². The summed E-state index contributed by atoms with van der Waals surface area (Å²) in [7, 11) is 0. The van der Waals surface area contributed by atoms with Crippen LogP contribution in [0.3, 0.4) is 0 Å². The lowest BCUT2D eigenvalue weighted by Crippen LogP contribution is -2.03. The van der Waals surface area contributed by atoms with Crippen molar-refractivity contribution in [1.29, 1.82) is 0 Å². The van der Waals surface area contributed by atoms with Gasteiger partial charge in [0.2, 0.25) is 0 Å². The molecular formula is C11H18N2. The monoisotopic (exact) mass is 178 g/mol. The maximum atomic E-state index is 4.45. The van der Waals surface area contributed by atoms with E-state index in [1.807, 2.05) is 19.2 Å². The second-order valence-corrected chi connectivity index (χ2v) is 3.45. The minimum Gasteiger partial charge on any atom is -0.241 e. The Labute approximate surface area is 80.4 Å². The molecule has 0 saturated carbocycles. The summed E-state index contributed by atoms with van der Waals surface area (Å²) >= 11 is 0. The first-order chi connectivity index (χ1) is 6.27. The van der Waals surface area contributed by atoms with Crippen LogP contribution in [-0.2, 0) is 0 Å². The van der Waals surface area contributed by atoms with Gasteiger partial charge in [0.25, 0.3) is 0 Å². The largest absolute Gasteiger partial charge is 0.241 e. The van der Waals surface area contributed by atoms with Gasteiger partial charge < -0.3 is 0 Å². The van der Waals surface area contributed by atoms with Gasteiger partial charge in [0.1, 0.15) is 5.82 Å². The highest BCUT2D eigenvalue weighted by molar-refractivity contribution is 5.03. The first-order valence-electron chi connectivity index (χ1n) is 5.07. The topological polar surface area (TPSA) is 25.8 Å². The highest BCUT2D eigenvalue weighted by Crippen LogP contribution is 2.20. The quantitative estimate of drug-likeness (QED) is 0.708. The Hall–Kier alpha value is -0.920. The predicted molar refractivity (Wildman–Crippen MR) is 54.7 cm³/mol. The van der Waals surface area contributed by atoms with E-state index in [0.29, 0.717) is 5.92 Å². The van der Waals surface area contributed by atoms with E-state index in [-0.39, 0.29) is 0 Å². The van der Waals surface area contributed by atoms with Crippen molar-refractivity contribution in [2.75, 3.05) is 0 Å². The van der Waals surface area contributed by atoms with Crippen LogP contribution in [0.15, 0.2) is 12.3 Å². The number of nitrogens with zero attached hydrogens (tertiary/aromatic N) is 2. The molecule has 1 aromatic heterocycles. The second kappa shape index (κ2) is 4.95. The fourth-order valence-corrected chi connectivity index (χ4v) is 1.53. The standard InChI is InChI=1S/C11H18N2/c1-4-6-10(5-2)11-12-8-7-9(3)13-11/h7-8,10H,4-6H2,1-3H3. The summed E-state index contributed by atoms with van der Waals surface area (Å²) < 4.78 is 0. The van der Waals surface area contributed by atoms with Crippen molar-refractivity contribution in [2.24, 2.45) is 0 Å². The number of hydrogen-bond acceptors (Lipinski definition) is 2. The van der Waals surface area contributed by atoms with Crippen LogP contribution in [0.1, 0.15) is 50.5 Å². The highest BCUT2D eigenvalue weighted by atomic mass is 14.9. The average molecular weight is 178 g/mol. The number of hydrogen-bond donors (Lipinski definition) is 0. The van der Waals surface area contributed by atoms with Crippen LogP contribution in [-0.4, -0.2) is 9.97 Å². The lowest BCUT2D eigenvalue weighted by Gasteiger charge is -2.11. The lowest BCUT2D eigenvalue weighted by molar-refractivity contribution is 0.562. The van der Waals surface area contributed by atoms with Gasteiger partial charge in [0, 0.05) is 17.8 Å². The van der Waals surface area contributed by atoms with Gasteiger partial charge in [-0.15, -0.1) is 0 Å². The Bertz CT molecular complexity index is 258. The first kappa shape index (κ1) is 10.2. The van der Waals surface area contributed by atoms with E-state index in [2.05, 4.69) is 23.8 Å². The Balaban J connectivity index is 2.78. The zero-order chi connectivity index (χ0) is 9.68. The molecule has 0 bridgehead atoms. The van der Waals surface area contributed by atoms with E-state index < -0.39 is 0 Å².